The van der Waals surface area contributed by atoms with Crippen LogP contribution in [0.3, 0.4) is 0 Å². The normalized spacial score (nSPS) is 12.3. The molecule has 0 radical (unpaired) electrons. The van der Waals surface area contributed by atoms with E-state index in [-0.39, 0.29) is 16.9 Å². The van der Waals surface area contributed by atoms with E-state index < -0.39 is 10.6 Å². The molecule has 0 saturated heterocycles. The van der Waals surface area contributed by atoms with Gasteiger partial charge in [-0.25, -0.2) is 0 Å². The summed E-state index contributed by atoms with van der Waals surface area (Å²) in [6.07, 6.45) is 0. The monoisotopic (exact) mass is 308 g/mol. The summed E-state index contributed by atoms with van der Waals surface area (Å²) in [7, 11) is 0. The van der Waals surface area contributed by atoms with Crippen LogP contribution in [0, 0.1) is 0 Å². The molecule has 0 aliphatic rings. The lowest BCUT2D eigenvalue weighted by atomic mass is 10.0. The maximum atomic E-state index is 11.7. The van der Waals surface area contributed by atoms with Crippen LogP contribution in [0.15, 0.2) is 22.7 Å². The summed E-state index contributed by atoms with van der Waals surface area (Å²) in [5.41, 5.74) is 0.406. The SMILES string of the molecule is CC(Cl)C(=O)c1c(Br)cccc1C(=O)Cl. The number of ketones is 1. The maximum absolute atomic E-state index is 11.7. The molecule has 0 spiro atoms. The zero-order valence-electron chi connectivity index (χ0n) is 7.76. The van der Waals surface area contributed by atoms with Gasteiger partial charge in [-0.3, -0.25) is 9.59 Å². The van der Waals surface area contributed by atoms with Crippen LogP contribution in [0.1, 0.15) is 27.6 Å². The first-order chi connectivity index (χ1) is 6.95. The molecule has 80 valence electrons. The first-order valence-corrected chi connectivity index (χ1v) is 5.72. The topological polar surface area (TPSA) is 34.1 Å². The van der Waals surface area contributed by atoms with Crippen LogP contribution in [-0.4, -0.2) is 16.4 Å². The summed E-state index contributed by atoms with van der Waals surface area (Å²) in [6.45, 7) is 1.55. The van der Waals surface area contributed by atoms with Crippen LogP contribution in [0.25, 0.3) is 0 Å². The molecule has 0 aliphatic carbocycles. The van der Waals surface area contributed by atoms with E-state index in [1.807, 2.05) is 0 Å². The van der Waals surface area contributed by atoms with Crippen molar-refractivity contribution in [3.05, 3.63) is 33.8 Å². The van der Waals surface area contributed by atoms with E-state index in [1.54, 1.807) is 19.1 Å². The Bertz CT molecular complexity index is 416. The molecule has 0 aliphatic heterocycles. The standard InChI is InChI=1S/C10H7BrCl2O2/c1-5(12)9(14)8-6(10(13)15)3-2-4-7(8)11/h2-5H,1H3. The molecular weight excluding hydrogens is 303 g/mol. The Labute approximate surface area is 106 Å². The molecule has 0 bridgehead atoms. The third-order valence-corrected chi connectivity index (χ3v) is 2.90. The zero-order chi connectivity index (χ0) is 11.6. The lowest BCUT2D eigenvalue weighted by Crippen LogP contribution is -2.15. The van der Waals surface area contributed by atoms with Gasteiger partial charge >= 0.3 is 0 Å². The maximum Gasteiger partial charge on any atom is 0.253 e. The molecule has 1 aromatic carbocycles. The van der Waals surface area contributed by atoms with Gasteiger partial charge in [0.1, 0.15) is 0 Å². The quantitative estimate of drug-likeness (QED) is 0.485. The Kier molecular flexibility index (Phi) is 4.32. The molecule has 2 nitrogen and oxygen atoms in total. The second kappa shape index (κ2) is 5.10. The minimum absolute atomic E-state index is 0.170. The number of benzene rings is 1. The number of rotatable bonds is 3. The fraction of sp³-hybridized carbons (Fsp3) is 0.200. The van der Waals surface area contributed by atoms with Gasteiger partial charge in [-0.2, -0.15) is 0 Å². The van der Waals surface area contributed by atoms with Gasteiger partial charge in [0.05, 0.1) is 5.38 Å². The average Bonchev–Trinajstić information content (AvgIpc) is 2.16. The Morgan fingerprint density at radius 2 is 2.00 bits per heavy atom. The van der Waals surface area contributed by atoms with E-state index in [0.29, 0.717) is 4.47 Å². The summed E-state index contributed by atoms with van der Waals surface area (Å²) >= 11 is 14.3. The van der Waals surface area contributed by atoms with Crippen molar-refractivity contribution < 1.29 is 9.59 Å². The molecule has 0 fully saturated rings. The van der Waals surface area contributed by atoms with Crippen molar-refractivity contribution >= 4 is 50.2 Å². The Morgan fingerprint density at radius 3 is 2.47 bits per heavy atom. The third kappa shape index (κ3) is 2.80. The van der Waals surface area contributed by atoms with E-state index in [4.69, 9.17) is 23.2 Å². The Morgan fingerprint density at radius 1 is 1.40 bits per heavy atom. The number of Topliss-reactive ketones (excluding diaryl/α,β-unsaturated/α-hetero) is 1. The fourth-order valence-electron chi connectivity index (χ4n) is 1.14. The Hall–Kier alpha value is -0.380. The van der Waals surface area contributed by atoms with E-state index in [2.05, 4.69) is 15.9 Å². The predicted octanol–water partition coefficient (Wildman–Crippen LogP) is 3.64. The lowest BCUT2D eigenvalue weighted by Gasteiger charge is -2.08. The molecule has 0 saturated carbocycles. The van der Waals surface area contributed by atoms with Crippen LogP contribution in [0.5, 0.6) is 0 Å². The number of hydrogen-bond donors (Lipinski definition) is 0. The second-order valence-electron chi connectivity index (χ2n) is 2.92. The van der Waals surface area contributed by atoms with E-state index in [0.717, 1.165) is 0 Å². The van der Waals surface area contributed by atoms with Crippen molar-refractivity contribution in [2.75, 3.05) is 0 Å². The highest BCUT2D eigenvalue weighted by Crippen LogP contribution is 2.24. The highest BCUT2D eigenvalue weighted by Gasteiger charge is 2.21. The highest BCUT2D eigenvalue weighted by atomic mass is 79.9. The first-order valence-electron chi connectivity index (χ1n) is 4.11. The largest absolute Gasteiger partial charge is 0.292 e. The minimum Gasteiger partial charge on any atom is -0.292 e. The number of carbonyl (C=O) groups is 2. The van der Waals surface area contributed by atoms with Gasteiger partial charge in [0.25, 0.3) is 5.24 Å². The number of hydrogen-bond acceptors (Lipinski definition) is 2. The summed E-state index contributed by atoms with van der Waals surface area (Å²) in [5, 5.41) is -1.37. The van der Waals surface area contributed by atoms with E-state index >= 15 is 0 Å². The minimum atomic E-state index is -0.696. The first kappa shape index (κ1) is 12.7. The smallest absolute Gasteiger partial charge is 0.253 e. The summed E-state index contributed by atoms with van der Waals surface area (Å²) in [5.74, 6) is -0.326. The van der Waals surface area contributed by atoms with Crippen molar-refractivity contribution in [3.63, 3.8) is 0 Å². The van der Waals surface area contributed by atoms with E-state index in [9.17, 15) is 9.59 Å². The molecule has 0 N–H and O–H groups in total. The van der Waals surface area contributed by atoms with Gasteiger partial charge in [-0.15, -0.1) is 11.6 Å². The van der Waals surface area contributed by atoms with Gasteiger partial charge in [-0.05, 0) is 30.7 Å². The molecule has 1 aromatic rings. The van der Waals surface area contributed by atoms with Gasteiger partial charge in [-0.1, -0.05) is 22.0 Å². The van der Waals surface area contributed by atoms with Crippen molar-refractivity contribution in [3.8, 4) is 0 Å². The Balaban J connectivity index is 3.37. The average molecular weight is 310 g/mol. The van der Waals surface area contributed by atoms with Crippen molar-refractivity contribution in [1.29, 1.82) is 0 Å². The zero-order valence-corrected chi connectivity index (χ0v) is 10.9. The van der Waals surface area contributed by atoms with Crippen molar-refractivity contribution in [1.82, 2.24) is 0 Å². The lowest BCUT2D eigenvalue weighted by molar-refractivity contribution is 0.0981. The molecule has 15 heavy (non-hydrogen) atoms. The number of alkyl halides is 1. The van der Waals surface area contributed by atoms with Gasteiger partial charge in [0.15, 0.2) is 5.78 Å². The molecule has 0 aromatic heterocycles. The third-order valence-electron chi connectivity index (χ3n) is 1.83. The summed E-state index contributed by atoms with van der Waals surface area (Å²) in [4.78, 5) is 22.8. The fourth-order valence-corrected chi connectivity index (χ4v) is 1.97. The molecule has 5 heteroatoms. The van der Waals surface area contributed by atoms with Crippen molar-refractivity contribution in [2.45, 2.75) is 12.3 Å². The molecule has 1 unspecified atom stereocenters. The van der Waals surface area contributed by atoms with Gasteiger partial charge in [0.2, 0.25) is 0 Å². The number of carbonyl (C=O) groups excluding carboxylic acids is 2. The van der Waals surface area contributed by atoms with Crippen LogP contribution >= 0.6 is 39.1 Å². The van der Waals surface area contributed by atoms with E-state index in [1.165, 1.54) is 6.07 Å². The number of halogens is 3. The second-order valence-corrected chi connectivity index (χ2v) is 4.77. The van der Waals surface area contributed by atoms with Crippen molar-refractivity contribution in [2.24, 2.45) is 0 Å². The molecule has 0 amide bonds. The summed E-state index contributed by atoms with van der Waals surface area (Å²) < 4.78 is 0.520. The predicted molar refractivity (Wildman–Crippen MR) is 64.0 cm³/mol. The molecular formula is C10H7BrCl2O2. The van der Waals surface area contributed by atoms with Crippen LogP contribution in [-0.2, 0) is 0 Å². The van der Waals surface area contributed by atoms with Gasteiger partial charge < -0.3 is 0 Å². The van der Waals surface area contributed by atoms with Crippen LogP contribution in [0.4, 0.5) is 0 Å². The molecule has 0 heterocycles. The van der Waals surface area contributed by atoms with Gasteiger partial charge in [0, 0.05) is 15.6 Å². The highest BCUT2D eigenvalue weighted by molar-refractivity contribution is 9.10. The summed E-state index contributed by atoms with van der Waals surface area (Å²) in [6, 6.07) is 4.79. The van der Waals surface area contributed by atoms with Crippen LogP contribution in [0.2, 0.25) is 0 Å². The molecule has 1 atom stereocenters. The molecule has 1 rings (SSSR count). The van der Waals surface area contributed by atoms with Crippen LogP contribution < -0.4 is 0 Å².